The highest BCUT2D eigenvalue weighted by Crippen LogP contribution is 2.49. The summed E-state index contributed by atoms with van der Waals surface area (Å²) in [5.74, 6) is 1.44. The standard InChI is InChI=1S/C34H35N2O/c1-2-23-21-36(22-31-27-11-5-3-9-25(27)19-26-10-4-6-12-28(26)31)18-16-24(23)20-33(36)34(37)30-15-17-35-32-14-8-7-13-29(30)32/h3-15,17,19,23-24,33-34,37H,2,16,18,20-22H2,1H3/q+1/t23-,24?,33-,34+,36?/m0/s1. The summed E-state index contributed by atoms with van der Waals surface area (Å²) in [6.07, 6.45) is 4.95. The van der Waals surface area contributed by atoms with Crippen molar-refractivity contribution in [2.75, 3.05) is 13.1 Å². The summed E-state index contributed by atoms with van der Waals surface area (Å²) >= 11 is 0. The number of hydrogen-bond donors (Lipinski definition) is 1. The van der Waals surface area contributed by atoms with E-state index in [-0.39, 0.29) is 6.04 Å². The van der Waals surface area contributed by atoms with Crippen LogP contribution >= 0.6 is 0 Å². The van der Waals surface area contributed by atoms with E-state index in [1.807, 2.05) is 12.3 Å². The van der Waals surface area contributed by atoms with Gasteiger partial charge in [0.15, 0.2) is 0 Å². The number of hydrogen-bond acceptors (Lipinski definition) is 2. The topological polar surface area (TPSA) is 33.1 Å². The first kappa shape index (κ1) is 22.9. The molecule has 5 atom stereocenters. The lowest BCUT2D eigenvalue weighted by molar-refractivity contribution is -0.985. The van der Waals surface area contributed by atoms with E-state index in [4.69, 9.17) is 0 Å². The predicted octanol–water partition coefficient (Wildman–Crippen LogP) is 7.41. The van der Waals surface area contributed by atoms with Crippen LogP contribution < -0.4 is 0 Å². The maximum Gasteiger partial charge on any atom is 0.131 e. The fourth-order valence-corrected chi connectivity index (χ4v) is 7.84. The van der Waals surface area contributed by atoms with Gasteiger partial charge in [-0.25, -0.2) is 0 Å². The third-order valence-electron chi connectivity index (χ3n) is 9.70. The Bertz CT molecular complexity index is 1550. The van der Waals surface area contributed by atoms with E-state index in [0.717, 1.165) is 52.9 Å². The van der Waals surface area contributed by atoms with Gasteiger partial charge in [0, 0.05) is 35.9 Å². The molecule has 3 aliphatic rings. The Kier molecular flexibility index (Phi) is 5.53. The first-order valence-corrected chi connectivity index (χ1v) is 13.9. The van der Waals surface area contributed by atoms with Crippen LogP contribution in [0, 0.1) is 11.8 Å². The minimum Gasteiger partial charge on any atom is -0.382 e. The molecule has 2 bridgehead atoms. The molecule has 5 aromatic rings. The quantitative estimate of drug-likeness (QED) is 0.207. The van der Waals surface area contributed by atoms with E-state index in [1.54, 1.807) is 0 Å². The van der Waals surface area contributed by atoms with Crippen molar-refractivity contribution in [1.29, 1.82) is 0 Å². The Morgan fingerprint density at radius 3 is 2.30 bits per heavy atom. The maximum absolute atomic E-state index is 12.2. The van der Waals surface area contributed by atoms with Gasteiger partial charge in [0.05, 0.1) is 18.6 Å². The van der Waals surface area contributed by atoms with E-state index in [9.17, 15) is 5.11 Å². The number of fused-ring (bicyclic) bond motifs is 6. The van der Waals surface area contributed by atoms with Gasteiger partial charge in [-0.15, -0.1) is 0 Å². The molecular weight excluding hydrogens is 452 g/mol. The van der Waals surface area contributed by atoms with Crippen molar-refractivity contribution in [1.82, 2.24) is 4.98 Å². The molecular formula is C34H35N2O+. The zero-order valence-corrected chi connectivity index (χ0v) is 21.6. The second-order valence-corrected chi connectivity index (χ2v) is 11.5. The normalized spacial score (nSPS) is 26.2. The fraction of sp³-hybridized carbons (Fsp3) is 0.324. The lowest BCUT2D eigenvalue weighted by Crippen LogP contribution is -2.67. The number of quaternary nitrogens is 1. The Balaban J connectivity index is 1.39. The fourth-order valence-electron chi connectivity index (χ4n) is 7.84. The van der Waals surface area contributed by atoms with Gasteiger partial charge in [-0.05, 0) is 57.6 Å². The van der Waals surface area contributed by atoms with Crippen LogP contribution in [0.3, 0.4) is 0 Å². The first-order chi connectivity index (χ1) is 18.2. The summed E-state index contributed by atoms with van der Waals surface area (Å²) in [6, 6.07) is 30.6. The van der Waals surface area contributed by atoms with Gasteiger partial charge in [-0.2, -0.15) is 0 Å². The number of pyridine rings is 1. The summed E-state index contributed by atoms with van der Waals surface area (Å²) in [5.41, 5.74) is 3.45. The molecule has 3 fully saturated rings. The Labute approximate surface area is 219 Å². The number of aliphatic hydroxyl groups is 1. The average Bonchev–Trinajstić information content (AvgIpc) is 2.96. The molecule has 0 spiro atoms. The van der Waals surface area contributed by atoms with Crippen LogP contribution in [0.4, 0.5) is 0 Å². The van der Waals surface area contributed by atoms with Crippen molar-refractivity contribution in [3.05, 3.63) is 102 Å². The van der Waals surface area contributed by atoms with Gasteiger partial charge in [0.25, 0.3) is 0 Å². The number of benzene rings is 4. The van der Waals surface area contributed by atoms with E-state index in [1.165, 1.54) is 39.9 Å². The van der Waals surface area contributed by atoms with Crippen molar-refractivity contribution in [2.45, 2.75) is 44.9 Å². The SMILES string of the molecule is CC[C@H]1C[N+]2(Cc3c4ccccc4cc4ccccc34)CCC1C[C@H]2[C@H](O)c1ccnc2ccccc12. The number of piperidine rings is 3. The van der Waals surface area contributed by atoms with Crippen LogP contribution in [-0.2, 0) is 6.54 Å². The molecule has 3 saturated heterocycles. The summed E-state index contributed by atoms with van der Waals surface area (Å²) in [7, 11) is 0. The number of para-hydroxylation sites is 1. The van der Waals surface area contributed by atoms with Crippen LogP contribution in [0.15, 0.2) is 91.1 Å². The molecule has 4 heterocycles. The van der Waals surface area contributed by atoms with Crippen molar-refractivity contribution >= 4 is 32.4 Å². The molecule has 186 valence electrons. The smallest absolute Gasteiger partial charge is 0.131 e. The predicted molar refractivity (Wildman–Crippen MR) is 152 cm³/mol. The molecule has 3 nitrogen and oxygen atoms in total. The Hall–Kier alpha value is -3.27. The molecule has 0 saturated carbocycles. The minimum atomic E-state index is -0.505. The molecule has 1 N–H and O–H groups in total. The zero-order valence-electron chi connectivity index (χ0n) is 21.6. The van der Waals surface area contributed by atoms with Crippen molar-refractivity contribution < 1.29 is 9.59 Å². The first-order valence-electron chi connectivity index (χ1n) is 13.9. The molecule has 1 aromatic heterocycles. The summed E-state index contributed by atoms with van der Waals surface area (Å²) in [5, 5.41) is 18.6. The van der Waals surface area contributed by atoms with Gasteiger partial charge in [-0.1, -0.05) is 73.7 Å². The summed E-state index contributed by atoms with van der Waals surface area (Å²) < 4.78 is 0.977. The minimum absolute atomic E-state index is 0.185. The van der Waals surface area contributed by atoms with E-state index >= 15 is 0 Å². The van der Waals surface area contributed by atoms with Gasteiger partial charge in [0.2, 0.25) is 0 Å². The molecule has 0 radical (unpaired) electrons. The Morgan fingerprint density at radius 2 is 1.57 bits per heavy atom. The van der Waals surface area contributed by atoms with E-state index in [2.05, 4.69) is 90.8 Å². The van der Waals surface area contributed by atoms with Gasteiger partial charge >= 0.3 is 0 Å². The molecule has 3 heteroatoms. The number of rotatable bonds is 5. The second kappa shape index (κ2) is 8.93. The van der Waals surface area contributed by atoms with Crippen LogP contribution in [0.1, 0.15) is 43.4 Å². The highest BCUT2D eigenvalue weighted by molar-refractivity contribution is 6.02. The lowest BCUT2D eigenvalue weighted by atomic mass is 9.70. The third-order valence-corrected chi connectivity index (χ3v) is 9.70. The summed E-state index contributed by atoms with van der Waals surface area (Å²) in [6.45, 7) is 5.63. The average molecular weight is 488 g/mol. The lowest BCUT2D eigenvalue weighted by Gasteiger charge is -2.58. The molecule has 3 aliphatic heterocycles. The highest BCUT2D eigenvalue weighted by Gasteiger charge is 2.54. The van der Waals surface area contributed by atoms with Gasteiger partial charge in [-0.3, -0.25) is 4.98 Å². The van der Waals surface area contributed by atoms with E-state index < -0.39 is 6.10 Å². The maximum atomic E-state index is 12.2. The largest absolute Gasteiger partial charge is 0.382 e. The number of nitrogens with zero attached hydrogens (tertiary/aromatic N) is 2. The molecule has 2 unspecified atom stereocenters. The third kappa shape index (κ3) is 3.67. The van der Waals surface area contributed by atoms with Gasteiger partial charge < -0.3 is 9.59 Å². The Morgan fingerprint density at radius 1 is 0.892 bits per heavy atom. The van der Waals surface area contributed by atoms with E-state index in [0.29, 0.717) is 5.92 Å². The molecule has 4 aromatic carbocycles. The second-order valence-electron chi connectivity index (χ2n) is 11.5. The number of aliphatic hydroxyl groups excluding tert-OH is 1. The van der Waals surface area contributed by atoms with Crippen molar-refractivity contribution in [3.63, 3.8) is 0 Å². The van der Waals surface area contributed by atoms with Crippen LogP contribution in [0.5, 0.6) is 0 Å². The van der Waals surface area contributed by atoms with Crippen molar-refractivity contribution in [2.24, 2.45) is 11.8 Å². The van der Waals surface area contributed by atoms with Crippen LogP contribution in [-0.4, -0.2) is 33.7 Å². The molecule has 0 amide bonds. The monoisotopic (exact) mass is 487 g/mol. The molecule has 8 rings (SSSR count). The van der Waals surface area contributed by atoms with Gasteiger partial charge in [0.1, 0.15) is 18.7 Å². The molecule has 37 heavy (non-hydrogen) atoms. The zero-order chi connectivity index (χ0) is 25.0. The highest BCUT2D eigenvalue weighted by atomic mass is 16.3. The molecule has 0 aliphatic carbocycles. The summed E-state index contributed by atoms with van der Waals surface area (Å²) in [4.78, 5) is 4.58. The van der Waals surface area contributed by atoms with Crippen LogP contribution in [0.2, 0.25) is 0 Å². The van der Waals surface area contributed by atoms with Crippen LogP contribution in [0.25, 0.3) is 32.4 Å². The number of aromatic nitrogens is 1. The van der Waals surface area contributed by atoms with Crippen molar-refractivity contribution in [3.8, 4) is 0 Å².